The first kappa shape index (κ1) is 16.8. The number of benzene rings is 1. The highest BCUT2D eigenvalue weighted by atomic mass is 79.9. The van der Waals surface area contributed by atoms with Crippen molar-refractivity contribution in [2.45, 2.75) is 26.7 Å². The maximum Gasteiger partial charge on any atom is 0.138 e. The molecule has 0 spiro atoms. The zero-order chi connectivity index (χ0) is 15.6. The molecule has 0 bridgehead atoms. The molecule has 0 unspecified atom stereocenters. The van der Waals surface area contributed by atoms with Crippen LogP contribution in [0.4, 0.5) is 11.5 Å². The standard InChI is InChI=1S/C14H13BrCl3N3/c1-3-4-10-20-13(18)7(2)14(21-10)19-9-6-5-8(15)11(16)12(9)17/h5-6H,3-4H2,1-2H3,(H,19,20,21). The first-order valence-electron chi connectivity index (χ1n) is 6.37. The molecule has 0 amide bonds. The molecule has 7 heteroatoms. The van der Waals surface area contributed by atoms with E-state index in [1.165, 1.54) is 0 Å². The molecule has 112 valence electrons. The molecule has 0 atom stereocenters. The van der Waals surface area contributed by atoms with Crippen LogP contribution in [0.15, 0.2) is 16.6 Å². The third-order valence-electron chi connectivity index (χ3n) is 2.89. The second-order valence-corrected chi connectivity index (χ2v) is 6.47. The molecule has 21 heavy (non-hydrogen) atoms. The number of hydrogen-bond donors (Lipinski definition) is 1. The van der Waals surface area contributed by atoms with Crippen molar-refractivity contribution in [3.05, 3.63) is 43.2 Å². The van der Waals surface area contributed by atoms with Crippen LogP contribution in [0.1, 0.15) is 24.7 Å². The van der Waals surface area contributed by atoms with Gasteiger partial charge in [-0.05, 0) is 41.4 Å². The van der Waals surface area contributed by atoms with Crippen molar-refractivity contribution in [3.63, 3.8) is 0 Å². The second kappa shape index (κ2) is 7.14. The minimum absolute atomic E-state index is 0.428. The van der Waals surface area contributed by atoms with E-state index in [1.807, 2.05) is 19.1 Å². The summed E-state index contributed by atoms with van der Waals surface area (Å²) in [6, 6.07) is 3.65. The Bertz CT molecular complexity index is 677. The molecular weight excluding hydrogens is 396 g/mol. The lowest BCUT2D eigenvalue weighted by atomic mass is 10.2. The summed E-state index contributed by atoms with van der Waals surface area (Å²) in [5, 5.41) is 4.50. The Morgan fingerprint density at radius 3 is 2.52 bits per heavy atom. The average molecular weight is 410 g/mol. The highest BCUT2D eigenvalue weighted by Gasteiger charge is 2.13. The van der Waals surface area contributed by atoms with Gasteiger partial charge in [0.15, 0.2) is 0 Å². The van der Waals surface area contributed by atoms with Crippen LogP contribution in [0.25, 0.3) is 0 Å². The van der Waals surface area contributed by atoms with E-state index in [2.05, 4.69) is 38.1 Å². The Morgan fingerprint density at radius 1 is 1.14 bits per heavy atom. The Kier molecular flexibility index (Phi) is 5.72. The van der Waals surface area contributed by atoms with Gasteiger partial charge in [0.05, 0.1) is 15.7 Å². The molecule has 3 nitrogen and oxygen atoms in total. The van der Waals surface area contributed by atoms with Gasteiger partial charge in [0.25, 0.3) is 0 Å². The van der Waals surface area contributed by atoms with Crippen LogP contribution in [0, 0.1) is 6.92 Å². The van der Waals surface area contributed by atoms with E-state index in [9.17, 15) is 0 Å². The number of halogens is 4. The minimum atomic E-state index is 0.428. The zero-order valence-corrected chi connectivity index (χ0v) is 15.3. The molecule has 0 saturated carbocycles. The van der Waals surface area contributed by atoms with E-state index in [0.29, 0.717) is 32.5 Å². The molecule has 2 rings (SSSR count). The third kappa shape index (κ3) is 3.81. The predicted molar refractivity (Wildman–Crippen MR) is 93.2 cm³/mol. The predicted octanol–water partition coefficient (Wildman–Crippen LogP) is 6.20. The lowest BCUT2D eigenvalue weighted by Gasteiger charge is -2.13. The van der Waals surface area contributed by atoms with Gasteiger partial charge in [-0.1, -0.05) is 41.7 Å². The molecule has 0 aliphatic carbocycles. The highest BCUT2D eigenvalue weighted by molar-refractivity contribution is 9.10. The van der Waals surface area contributed by atoms with Gasteiger partial charge in [-0.15, -0.1) is 0 Å². The van der Waals surface area contributed by atoms with Gasteiger partial charge in [-0.25, -0.2) is 9.97 Å². The number of aromatic nitrogens is 2. The van der Waals surface area contributed by atoms with E-state index in [4.69, 9.17) is 34.8 Å². The summed E-state index contributed by atoms with van der Waals surface area (Å²) < 4.78 is 0.740. The average Bonchev–Trinajstić information content (AvgIpc) is 2.45. The Morgan fingerprint density at radius 2 is 1.86 bits per heavy atom. The Hall–Kier alpha value is -0.550. The van der Waals surface area contributed by atoms with E-state index >= 15 is 0 Å². The molecule has 2 aromatic rings. The first-order valence-corrected chi connectivity index (χ1v) is 8.30. The molecular formula is C14H13BrCl3N3. The smallest absolute Gasteiger partial charge is 0.138 e. The Labute approximate surface area is 147 Å². The minimum Gasteiger partial charge on any atom is -0.339 e. The lowest BCUT2D eigenvalue weighted by Crippen LogP contribution is -2.04. The number of rotatable bonds is 4. The fourth-order valence-electron chi connectivity index (χ4n) is 1.74. The normalized spacial score (nSPS) is 10.8. The maximum absolute atomic E-state index is 6.24. The van der Waals surface area contributed by atoms with Crippen LogP contribution in [0.5, 0.6) is 0 Å². The number of hydrogen-bond acceptors (Lipinski definition) is 3. The molecule has 1 heterocycles. The summed E-state index contributed by atoms with van der Waals surface area (Å²) in [5.41, 5.74) is 1.44. The van der Waals surface area contributed by atoms with Crippen molar-refractivity contribution in [2.24, 2.45) is 0 Å². The van der Waals surface area contributed by atoms with Crippen molar-refractivity contribution in [3.8, 4) is 0 Å². The van der Waals surface area contributed by atoms with Crippen molar-refractivity contribution < 1.29 is 0 Å². The summed E-state index contributed by atoms with van der Waals surface area (Å²) in [6.45, 7) is 3.92. The van der Waals surface area contributed by atoms with Gasteiger partial charge in [-0.3, -0.25) is 0 Å². The van der Waals surface area contributed by atoms with E-state index in [-0.39, 0.29) is 0 Å². The van der Waals surface area contributed by atoms with Gasteiger partial charge in [-0.2, -0.15) is 0 Å². The molecule has 0 aliphatic heterocycles. The fraction of sp³-hybridized carbons (Fsp3) is 0.286. The quantitative estimate of drug-likeness (QED) is 0.482. The van der Waals surface area contributed by atoms with E-state index in [1.54, 1.807) is 0 Å². The van der Waals surface area contributed by atoms with E-state index < -0.39 is 0 Å². The number of anilines is 2. The number of nitrogens with zero attached hydrogens (tertiary/aromatic N) is 2. The molecule has 1 aromatic heterocycles. The van der Waals surface area contributed by atoms with Crippen LogP contribution in [-0.4, -0.2) is 9.97 Å². The maximum atomic E-state index is 6.24. The van der Waals surface area contributed by atoms with Gasteiger partial charge < -0.3 is 5.32 Å². The summed E-state index contributed by atoms with van der Waals surface area (Å²) in [7, 11) is 0. The molecule has 0 saturated heterocycles. The monoisotopic (exact) mass is 407 g/mol. The van der Waals surface area contributed by atoms with Gasteiger partial charge in [0.2, 0.25) is 0 Å². The Balaban J connectivity index is 2.42. The van der Waals surface area contributed by atoms with E-state index in [0.717, 1.165) is 22.9 Å². The first-order chi connectivity index (χ1) is 9.93. The molecule has 0 radical (unpaired) electrons. The van der Waals surface area contributed by atoms with Crippen LogP contribution >= 0.6 is 50.7 Å². The topological polar surface area (TPSA) is 37.8 Å². The molecule has 1 aromatic carbocycles. The molecule has 1 N–H and O–H groups in total. The largest absolute Gasteiger partial charge is 0.339 e. The van der Waals surface area contributed by atoms with Crippen LogP contribution in [-0.2, 0) is 6.42 Å². The molecule has 0 aliphatic rings. The lowest BCUT2D eigenvalue weighted by molar-refractivity contribution is 0.833. The highest BCUT2D eigenvalue weighted by Crippen LogP contribution is 2.37. The third-order valence-corrected chi connectivity index (χ3v) is 5.03. The summed E-state index contributed by atoms with van der Waals surface area (Å²) in [6.07, 6.45) is 1.72. The second-order valence-electron chi connectivity index (χ2n) is 4.50. The van der Waals surface area contributed by atoms with Crippen LogP contribution in [0.3, 0.4) is 0 Å². The van der Waals surface area contributed by atoms with Gasteiger partial charge >= 0.3 is 0 Å². The van der Waals surface area contributed by atoms with Crippen molar-refractivity contribution >= 4 is 62.2 Å². The SMILES string of the molecule is CCCc1nc(Cl)c(C)c(Nc2ccc(Br)c(Cl)c2Cl)n1. The summed E-state index contributed by atoms with van der Waals surface area (Å²) in [5.74, 6) is 1.34. The number of nitrogens with one attached hydrogen (secondary N) is 1. The summed E-state index contributed by atoms with van der Waals surface area (Å²) >= 11 is 21.9. The van der Waals surface area contributed by atoms with Gasteiger partial charge in [0.1, 0.15) is 16.8 Å². The zero-order valence-electron chi connectivity index (χ0n) is 11.5. The molecule has 0 fully saturated rings. The van der Waals surface area contributed by atoms with Crippen LogP contribution in [0.2, 0.25) is 15.2 Å². The van der Waals surface area contributed by atoms with Gasteiger partial charge in [0, 0.05) is 16.5 Å². The van der Waals surface area contributed by atoms with Crippen molar-refractivity contribution in [1.29, 1.82) is 0 Å². The van der Waals surface area contributed by atoms with Crippen molar-refractivity contribution in [1.82, 2.24) is 9.97 Å². The van der Waals surface area contributed by atoms with Crippen molar-refractivity contribution in [2.75, 3.05) is 5.32 Å². The van der Waals surface area contributed by atoms with Crippen LogP contribution < -0.4 is 5.32 Å². The number of aryl methyl sites for hydroxylation is 1. The summed E-state index contributed by atoms with van der Waals surface area (Å²) in [4.78, 5) is 8.76. The fourth-order valence-corrected chi connectivity index (χ4v) is 2.75.